The Balaban J connectivity index is 2.72. The fraction of sp³-hybridized carbons (Fsp3) is 0.400. The van der Waals surface area contributed by atoms with E-state index in [-0.39, 0.29) is 6.10 Å². The normalized spacial score (nSPS) is 10.3. The number of ether oxygens (including phenoxy) is 1. The van der Waals surface area contributed by atoms with Crippen LogP contribution in [0.4, 0.5) is 0 Å². The molecule has 1 rings (SSSR count). The van der Waals surface area contributed by atoms with Gasteiger partial charge in [-0.05, 0) is 25.5 Å². The van der Waals surface area contributed by atoms with Gasteiger partial charge in [0.25, 0.3) is 0 Å². The summed E-state index contributed by atoms with van der Waals surface area (Å²) in [6.07, 6.45) is 0.189. The highest BCUT2D eigenvalue weighted by molar-refractivity contribution is 5.27. The molecule has 65 valence electrons. The minimum atomic E-state index is 0.189. The van der Waals surface area contributed by atoms with Crippen molar-refractivity contribution in [2.45, 2.75) is 26.5 Å². The molecule has 0 aliphatic rings. The van der Waals surface area contributed by atoms with E-state index in [2.05, 4.69) is 6.07 Å². The van der Waals surface area contributed by atoms with Crippen LogP contribution in [0.2, 0.25) is 0 Å². The number of hydrogen-bond acceptors (Lipinski definition) is 2. The quantitative estimate of drug-likeness (QED) is 0.738. The molecule has 1 aromatic rings. The largest absolute Gasteiger partial charge is 0.490 e. The molecule has 0 spiro atoms. The van der Waals surface area contributed by atoms with Crippen molar-refractivity contribution in [3.8, 4) is 5.75 Å². The van der Waals surface area contributed by atoms with Gasteiger partial charge in [0.2, 0.25) is 0 Å². The van der Waals surface area contributed by atoms with Crippen molar-refractivity contribution in [3.63, 3.8) is 0 Å². The zero-order chi connectivity index (χ0) is 8.97. The Bertz CT molecular complexity index is 245. The first kappa shape index (κ1) is 9.07. The van der Waals surface area contributed by atoms with Gasteiger partial charge in [0.15, 0.2) is 0 Å². The zero-order valence-electron chi connectivity index (χ0n) is 7.50. The van der Waals surface area contributed by atoms with Crippen LogP contribution in [0.1, 0.15) is 19.4 Å². The monoisotopic (exact) mass is 164 g/mol. The molecule has 2 N–H and O–H groups in total. The van der Waals surface area contributed by atoms with E-state index >= 15 is 0 Å². The first-order chi connectivity index (χ1) is 5.72. The van der Waals surface area contributed by atoms with Gasteiger partial charge in [0.1, 0.15) is 5.75 Å². The highest BCUT2D eigenvalue weighted by Crippen LogP contribution is 2.13. The van der Waals surface area contributed by atoms with Gasteiger partial charge in [-0.3, -0.25) is 0 Å². The zero-order valence-corrected chi connectivity index (χ0v) is 7.50. The smallest absolute Gasteiger partial charge is 0.127 e. The predicted molar refractivity (Wildman–Crippen MR) is 48.9 cm³/mol. The summed E-state index contributed by atoms with van der Waals surface area (Å²) in [5.74, 6) is 0.771. The Morgan fingerprint density at radius 3 is 2.92 bits per heavy atom. The number of nitrogens with two attached hydrogens (primary N) is 1. The van der Waals surface area contributed by atoms with Gasteiger partial charge >= 0.3 is 0 Å². The molecule has 0 bridgehead atoms. The van der Waals surface area contributed by atoms with Crippen LogP contribution >= 0.6 is 0 Å². The van der Waals surface area contributed by atoms with Crippen molar-refractivity contribution < 1.29 is 4.74 Å². The van der Waals surface area contributed by atoms with Crippen molar-refractivity contribution in [2.24, 2.45) is 5.73 Å². The molecule has 0 aliphatic heterocycles. The average Bonchev–Trinajstić information content (AvgIpc) is 2.03. The topological polar surface area (TPSA) is 35.2 Å². The van der Waals surface area contributed by atoms with Crippen LogP contribution < -0.4 is 10.5 Å². The molecule has 0 amide bonds. The Morgan fingerprint density at radius 2 is 2.33 bits per heavy atom. The molecule has 0 fully saturated rings. The third-order valence-corrected chi connectivity index (χ3v) is 1.44. The first-order valence-corrected chi connectivity index (χ1v) is 4.09. The second kappa shape index (κ2) is 4.12. The summed E-state index contributed by atoms with van der Waals surface area (Å²) < 4.78 is 5.45. The van der Waals surface area contributed by atoms with Crippen molar-refractivity contribution >= 4 is 0 Å². The minimum absolute atomic E-state index is 0.189. The van der Waals surface area contributed by atoms with Crippen molar-refractivity contribution in [1.82, 2.24) is 0 Å². The lowest BCUT2D eigenvalue weighted by Crippen LogP contribution is -2.06. The van der Waals surface area contributed by atoms with Crippen LogP contribution in [0.15, 0.2) is 18.2 Å². The van der Waals surface area contributed by atoms with E-state index in [1.165, 1.54) is 0 Å². The van der Waals surface area contributed by atoms with Crippen LogP contribution in [0.25, 0.3) is 0 Å². The lowest BCUT2D eigenvalue weighted by Gasteiger charge is -2.09. The van der Waals surface area contributed by atoms with Gasteiger partial charge in [-0.1, -0.05) is 12.1 Å². The molecule has 0 saturated carbocycles. The summed E-state index contributed by atoms with van der Waals surface area (Å²) in [5, 5.41) is 0. The molecular formula is C10H14NO. The van der Waals surface area contributed by atoms with Gasteiger partial charge < -0.3 is 10.5 Å². The summed E-state index contributed by atoms with van der Waals surface area (Å²) in [7, 11) is 0. The lowest BCUT2D eigenvalue weighted by molar-refractivity contribution is 0.241. The molecule has 0 heterocycles. The van der Waals surface area contributed by atoms with Crippen LogP contribution in [-0.4, -0.2) is 6.10 Å². The molecule has 2 nitrogen and oxygen atoms in total. The second-order valence-corrected chi connectivity index (χ2v) is 2.93. The second-order valence-electron chi connectivity index (χ2n) is 2.93. The van der Waals surface area contributed by atoms with E-state index in [1.54, 1.807) is 0 Å². The molecule has 0 saturated heterocycles. The molecular weight excluding hydrogens is 150 g/mol. The van der Waals surface area contributed by atoms with Crippen molar-refractivity contribution in [1.29, 1.82) is 0 Å². The van der Waals surface area contributed by atoms with Crippen LogP contribution in [0.3, 0.4) is 0 Å². The van der Waals surface area contributed by atoms with Crippen molar-refractivity contribution in [2.75, 3.05) is 0 Å². The molecule has 2 heteroatoms. The number of benzene rings is 1. The van der Waals surface area contributed by atoms with Gasteiger partial charge in [-0.2, -0.15) is 0 Å². The number of rotatable bonds is 3. The fourth-order valence-electron chi connectivity index (χ4n) is 0.938. The van der Waals surface area contributed by atoms with Crippen LogP contribution in [-0.2, 0) is 6.54 Å². The Kier molecular flexibility index (Phi) is 3.11. The van der Waals surface area contributed by atoms with Crippen molar-refractivity contribution in [3.05, 3.63) is 29.8 Å². The van der Waals surface area contributed by atoms with Gasteiger partial charge in [-0.15, -0.1) is 0 Å². The Morgan fingerprint density at radius 1 is 1.58 bits per heavy atom. The minimum Gasteiger partial charge on any atom is -0.490 e. The number of hydrogen-bond donors (Lipinski definition) is 1. The summed E-state index contributed by atoms with van der Waals surface area (Å²) in [5.41, 5.74) is 6.55. The van der Waals surface area contributed by atoms with Gasteiger partial charge in [0, 0.05) is 12.6 Å². The summed E-state index contributed by atoms with van der Waals surface area (Å²) in [4.78, 5) is 0. The maximum atomic E-state index is 5.48. The summed E-state index contributed by atoms with van der Waals surface area (Å²) in [6.45, 7) is 4.52. The molecule has 1 radical (unpaired) electrons. The average molecular weight is 164 g/mol. The molecule has 0 unspecified atom stereocenters. The summed E-state index contributed by atoms with van der Waals surface area (Å²) in [6, 6.07) is 8.68. The molecule has 0 atom stereocenters. The molecule has 1 aromatic carbocycles. The van der Waals surface area contributed by atoms with E-state index in [1.807, 2.05) is 32.0 Å². The van der Waals surface area contributed by atoms with E-state index in [0.29, 0.717) is 6.54 Å². The Hall–Kier alpha value is -1.02. The highest BCUT2D eigenvalue weighted by Gasteiger charge is 1.97. The standard InChI is InChI=1S/C10H14NO/c1-8(2)12-10-5-3-4-9(6-10)7-11/h3-4,6,8H,7,11H2,1-2H3. The Labute approximate surface area is 73.3 Å². The third kappa shape index (κ3) is 2.55. The molecule has 0 aromatic heterocycles. The summed E-state index contributed by atoms with van der Waals surface area (Å²) >= 11 is 0. The van der Waals surface area contributed by atoms with E-state index in [4.69, 9.17) is 10.5 Å². The highest BCUT2D eigenvalue weighted by atomic mass is 16.5. The fourth-order valence-corrected chi connectivity index (χ4v) is 0.938. The van der Waals surface area contributed by atoms with Crippen LogP contribution in [0, 0.1) is 6.07 Å². The van der Waals surface area contributed by atoms with Crippen LogP contribution in [0.5, 0.6) is 5.75 Å². The maximum absolute atomic E-state index is 5.48. The predicted octanol–water partition coefficient (Wildman–Crippen LogP) is 1.73. The van der Waals surface area contributed by atoms with E-state index < -0.39 is 0 Å². The first-order valence-electron chi connectivity index (χ1n) is 4.09. The third-order valence-electron chi connectivity index (χ3n) is 1.44. The molecule has 12 heavy (non-hydrogen) atoms. The maximum Gasteiger partial charge on any atom is 0.127 e. The van der Waals surface area contributed by atoms with Gasteiger partial charge in [-0.25, -0.2) is 0 Å². The van der Waals surface area contributed by atoms with E-state index in [9.17, 15) is 0 Å². The van der Waals surface area contributed by atoms with Gasteiger partial charge in [0.05, 0.1) is 6.10 Å². The van der Waals surface area contributed by atoms with E-state index in [0.717, 1.165) is 11.3 Å². The lowest BCUT2D eigenvalue weighted by atomic mass is 10.2. The molecule has 0 aliphatic carbocycles. The SMILES string of the molecule is CC(C)Oc1[c]ccc(CN)c1.